The SMILES string of the molecule is CC(C)(C)c1ccc(OC(c2ccc(C(C)(C)C)cc2C(C)(C)C)C(CO)(CO)CO)c(C(C)(C)C)c1. The Kier molecular flexibility index (Phi) is 9.07. The van der Waals surface area contributed by atoms with Crippen LogP contribution in [0.5, 0.6) is 5.75 Å². The molecule has 0 saturated carbocycles. The van der Waals surface area contributed by atoms with Crippen LogP contribution in [0.3, 0.4) is 0 Å². The van der Waals surface area contributed by atoms with Gasteiger partial charge in [0.1, 0.15) is 11.9 Å². The third-order valence-corrected chi connectivity index (χ3v) is 7.41. The predicted octanol–water partition coefficient (Wildman–Crippen LogP) is 6.96. The monoisotopic (exact) mass is 512 g/mol. The molecule has 2 aromatic carbocycles. The van der Waals surface area contributed by atoms with Crippen LogP contribution in [0.2, 0.25) is 0 Å². The topological polar surface area (TPSA) is 69.9 Å². The first kappa shape index (κ1) is 31.3. The molecule has 2 aromatic rings. The number of benzene rings is 2. The van der Waals surface area contributed by atoms with Crippen LogP contribution in [0.25, 0.3) is 0 Å². The Morgan fingerprint density at radius 3 is 1.35 bits per heavy atom. The second kappa shape index (κ2) is 10.7. The van der Waals surface area contributed by atoms with E-state index >= 15 is 0 Å². The van der Waals surface area contributed by atoms with Crippen molar-refractivity contribution in [3.8, 4) is 5.75 Å². The zero-order valence-corrected chi connectivity index (χ0v) is 25.4. The summed E-state index contributed by atoms with van der Waals surface area (Å²) in [5.74, 6) is 0.699. The van der Waals surface area contributed by atoms with Crippen molar-refractivity contribution in [2.75, 3.05) is 19.8 Å². The first-order valence-corrected chi connectivity index (χ1v) is 13.5. The highest BCUT2D eigenvalue weighted by Crippen LogP contribution is 2.45. The highest BCUT2D eigenvalue weighted by molar-refractivity contribution is 5.46. The lowest BCUT2D eigenvalue weighted by molar-refractivity contribution is -0.0752. The Morgan fingerprint density at radius 1 is 0.568 bits per heavy atom. The molecule has 37 heavy (non-hydrogen) atoms. The van der Waals surface area contributed by atoms with Crippen LogP contribution in [-0.2, 0) is 21.7 Å². The van der Waals surface area contributed by atoms with Gasteiger partial charge in [0.2, 0.25) is 0 Å². The van der Waals surface area contributed by atoms with E-state index in [9.17, 15) is 15.3 Å². The minimum absolute atomic E-state index is 0.0226. The van der Waals surface area contributed by atoms with Gasteiger partial charge in [-0.05, 0) is 55.5 Å². The molecular weight excluding hydrogens is 460 g/mol. The Balaban J connectivity index is 2.88. The quantitative estimate of drug-likeness (QED) is 0.375. The third-order valence-electron chi connectivity index (χ3n) is 7.41. The molecule has 2 rings (SSSR count). The normalized spacial score (nSPS) is 14.6. The Bertz CT molecular complexity index is 1040. The molecule has 0 fully saturated rings. The lowest BCUT2D eigenvalue weighted by atomic mass is 9.72. The lowest BCUT2D eigenvalue weighted by Crippen LogP contribution is -2.43. The molecule has 1 unspecified atom stereocenters. The predicted molar refractivity (Wildman–Crippen MR) is 155 cm³/mol. The summed E-state index contributed by atoms with van der Waals surface area (Å²) in [6, 6.07) is 12.7. The highest BCUT2D eigenvalue weighted by atomic mass is 16.5. The van der Waals surface area contributed by atoms with Gasteiger partial charge >= 0.3 is 0 Å². The highest BCUT2D eigenvalue weighted by Gasteiger charge is 2.43. The van der Waals surface area contributed by atoms with E-state index in [4.69, 9.17) is 4.74 Å². The lowest BCUT2D eigenvalue weighted by Gasteiger charge is -2.40. The van der Waals surface area contributed by atoms with Crippen molar-refractivity contribution >= 4 is 0 Å². The molecular formula is C33H52O4. The van der Waals surface area contributed by atoms with Gasteiger partial charge < -0.3 is 20.1 Å². The minimum atomic E-state index is -1.28. The summed E-state index contributed by atoms with van der Waals surface area (Å²) >= 11 is 0. The van der Waals surface area contributed by atoms with Crippen LogP contribution in [-0.4, -0.2) is 35.1 Å². The summed E-state index contributed by atoms with van der Waals surface area (Å²) in [6.45, 7) is 24.9. The second-order valence-electron chi connectivity index (χ2n) is 14.8. The van der Waals surface area contributed by atoms with Crippen molar-refractivity contribution < 1.29 is 20.1 Å². The van der Waals surface area contributed by atoms with E-state index in [1.807, 2.05) is 6.07 Å². The fourth-order valence-electron chi connectivity index (χ4n) is 4.63. The molecule has 1 atom stereocenters. The second-order valence-corrected chi connectivity index (χ2v) is 14.8. The Labute approximate surface area is 226 Å². The average Bonchev–Trinajstić information content (AvgIpc) is 2.77. The van der Waals surface area contributed by atoms with Gasteiger partial charge in [-0.1, -0.05) is 113 Å². The van der Waals surface area contributed by atoms with Crippen LogP contribution in [0.4, 0.5) is 0 Å². The van der Waals surface area contributed by atoms with Gasteiger partial charge in [-0.15, -0.1) is 0 Å². The van der Waals surface area contributed by atoms with Crippen molar-refractivity contribution in [3.63, 3.8) is 0 Å². The van der Waals surface area contributed by atoms with Crippen molar-refractivity contribution in [1.29, 1.82) is 0 Å². The van der Waals surface area contributed by atoms with E-state index < -0.39 is 31.3 Å². The largest absolute Gasteiger partial charge is 0.485 e. The smallest absolute Gasteiger partial charge is 0.136 e. The van der Waals surface area contributed by atoms with Crippen LogP contribution >= 0.6 is 0 Å². The van der Waals surface area contributed by atoms with Crippen molar-refractivity contribution in [2.24, 2.45) is 5.41 Å². The number of aliphatic hydroxyl groups excluding tert-OH is 3. The summed E-state index contributed by atoms with van der Waals surface area (Å²) in [5, 5.41) is 31.6. The van der Waals surface area contributed by atoms with E-state index in [2.05, 4.69) is 113 Å². The molecule has 0 heterocycles. The molecule has 3 N–H and O–H groups in total. The molecule has 0 radical (unpaired) electrons. The molecule has 0 aliphatic heterocycles. The summed E-state index contributed by atoms with van der Waals surface area (Å²) in [6.07, 6.45) is -0.766. The maximum atomic E-state index is 10.5. The van der Waals surface area contributed by atoms with E-state index in [1.165, 1.54) is 11.1 Å². The van der Waals surface area contributed by atoms with E-state index in [0.29, 0.717) is 5.75 Å². The third kappa shape index (κ3) is 6.96. The van der Waals surface area contributed by atoms with Crippen LogP contribution in [0.15, 0.2) is 36.4 Å². The van der Waals surface area contributed by atoms with Crippen molar-refractivity contribution in [2.45, 2.75) is 111 Å². The first-order chi connectivity index (χ1) is 16.7. The Hall–Kier alpha value is -1.88. The zero-order valence-electron chi connectivity index (χ0n) is 25.4. The maximum absolute atomic E-state index is 10.5. The standard InChI is InChI=1S/C33H52O4/c1-29(2,3)22-13-15-24(25(17-22)31(7,8)9)28(33(19-34,20-35)21-36)37-27-16-14-23(30(4,5)6)18-26(27)32(10,11)12/h13-18,28,34-36H,19-21H2,1-12H3. The molecule has 0 aliphatic carbocycles. The zero-order chi connectivity index (χ0) is 28.6. The number of ether oxygens (including phenoxy) is 1. The van der Waals surface area contributed by atoms with Gasteiger partial charge in [0.05, 0.1) is 25.2 Å². The molecule has 208 valence electrons. The first-order valence-electron chi connectivity index (χ1n) is 13.5. The van der Waals surface area contributed by atoms with Gasteiger partial charge in [0.15, 0.2) is 0 Å². The minimum Gasteiger partial charge on any atom is -0.485 e. The molecule has 0 saturated heterocycles. The average molecular weight is 513 g/mol. The van der Waals surface area contributed by atoms with Gasteiger partial charge in [0.25, 0.3) is 0 Å². The summed E-state index contributed by atoms with van der Waals surface area (Å²) in [4.78, 5) is 0. The van der Waals surface area contributed by atoms with Gasteiger partial charge in [-0.25, -0.2) is 0 Å². The molecule has 0 aliphatic rings. The summed E-state index contributed by atoms with van der Waals surface area (Å²) in [7, 11) is 0. The Morgan fingerprint density at radius 2 is 0.973 bits per heavy atom. The maximum Gasteiger partial charge on any atom is 0.136 e. The van der Waals surface area contributed by atoms with Gasteiger partial charge in [-0.2, -0.15) is 0 Å². The molecule has 4 nitrogen and oxygen atoms in total. The molecule has 4 heteroatoms. The van der Waals surface area contributed by atoms with Crippen LogP contribution < -0.4 is 4.74 Å². The molecule has 0 amide bonds. The van der Waals surface area contributed by atoms with Gasteiger partial charge in [0, 0.05) is 0 Å². The van der Waals surface area contributed by atoms with Crippen LogP contribution in [0.1, 0.15) is 117 Å². The van der Waals surface area contributed by atoms with Crippen molar-refractivity contribution in [1.82, 2.24) is 0 Å². The van der Waals surface area contributed by atoms with E-state index in [-0.39, 0.29) is 21.7 Å². The molecule has 0 spiro atoms. The molecule has 0 aromatic heterocycles. The van der Waals surface area contributed by atoms with Crippen molar-refractivity contribution in [3.05, 3.63) is 64.2 Å². The summed E-state index contributed by atoms with van der Waals surface area (Å²) in [5.41, 5.74) is 3.64. The van der Waals surface area contributed by atoms with Gasteiger partial charge in [-0.3, -0.25) is 0 Å². The van der Waals surface area contributed by atoms with E-state index in [0.717, 1.165) is 16.7 Å². The fourth-order valence-corrected chi connectivity index (χ4v) is 4.63. The fraction of sp³-hybridized carbons (Fsp3) is 0.636. The molecule has 0 bridgehead atoms. The number of hydrogen-bond donors (Lipinski definition) is 3. The number of hydrogen-bond acceptors (Lipinski definition) is 4. The summed E-state index contributed by atoms with van der Waals surface area (Å²) < 4.78 is 6.85. The number of aliphatic hydroxyl groups is 3. The van der Waals surface area contributed by atoms with E-state index in [1.54, 1.807) is 0 Å². The number of rotatable bonds is 7. The van der Waals surface area contributed by atoms with Crippen LogP contribution in [0, 0.1) is 5.41 Å².